The van der Waals surface area contributed by atoms with E-state index < -0.39 is 22.9 Å². The van der Waals surface area contributed by atoms with Gasteiger partial charge in [0.1, 0.15) is 0 Å². The molecule has 10 heteroatoms. The highest BCUT2D eigenvalue weighted by Crippen LogP contribution is 2.48. The topological polar surface area (TPSA) is 117 Å². The van der Waals surface area contributed by atoms with E-state index in [2.05, 4.69) is 5.32 Å². The Morgan fingerprint density at radius 3 is 2.45 bits per heavy atom. The molecular formula is C28H29ClN2O7. The summed E-state index contributed by atoms with van der Waals surface area (Å²) in [7, 11) is 3.11. The van der Waals surface area contributed by atoms with Gasteiger partial charge >= 0.3 is 5.97 Å². The number of carbonyl (C=O) groups is 2. The molecule has 38 heavy (non-hydrogen) atoms. The molecule has 9 nitrogen and oxygen atoms in total. The Bertz CT molecular complexity index is 1380. The Morgan fingerprint density at radius 1 is 1.11 bits per heavy atom. The van der Waals surface area contributed by atoms with Crippen LogP contribution in [-0.4, -0.2) is 37.0 Å². The molecule has 1 aliphatic heterocycles. The van der Waals surface area contributed by atoms with Crippen LogP contribution in [0.15, 0.2) is 58.9 Å². The van der Waals surface area contributed by atoms with Crippen LogP contribution < -0.4 is 14.8 Å². The van der Waals surface area contributed by atoms with E-state index in [1.165, 1.54) is 18.2 Å². The van der Waals surface area contributed by atoms with Crippen LogP contribution in [0.5, 0.6) is 11.5 Å². The van der Waals surface area contributed by atoms with E-state index in [0.29, 0.717) is 40.5 Å². The Kier molecular flexibility index (Phi) is 7.78. The van der Waals surface area contributed by atoms with E-state index in [1.54, 1.807) is 41.1 Å². The third-order valence-electron chi connectivity index (χ3n) is 6.77. The SMILES string of the molecule is COc1ccc([C@H]2CC(=O)C3=C(C2)NC(C)=C(C(=O)OC(C)C)[C@H]3c2cc([N+](=O)[O-])ccc2Cl)cc1OC. The van der Waals surface area contributed by atoms with Crippen molar-refractivity contribution >= 4 is 29.0 Å². The molecule has 0 fully saturated rings. The molecule has 2 aromatic rings. The summed E-state index contributed by atoms with van der Waals surface area (Å²) < 4.78 is 16.3. The number of nitrogens with one attached hydrogen (secondary N) is 1. The quantitative estimate of drug-likeness (QED) is 0.275. The van der Waals surface area contributed by atoms with Gasteiger partial charge < -0.3 is 19.5 Å². The molecule has 1 aliphatic carbocycles. The highest BCUT2D eigenvalue weighted by atomic mass is 35.5. The van der Waals surface area contributed by atoms with Gasteiger partial charge in [-0.05, 0) is 62.4 Å². The van der Waals surface area contributed by atoms with Gasteiger partial charge in [-0.25, -0.2) is 4.79 Å². The zero-order chi connectivity index (χ0) is 27.7. The van der Waals surface area contributed by atoms with Gasteiger partial charge in [-0.1, -0.05) is 17.7 Å². The molecule has 1 heterocycles. The van der Waals surface area contributed by atoms with Crippen LogP contribution in [0.25, 0.3) is 0 Å². The molecule has 0 spiro atoms. The van der Waals surface area contributed by atoms with Gasteiger partial charge in [0, 0.05) is 46.5 Å². The number of ketones is 1. The Hall–Kier alpha value is -3.85. The van der Waals surface area contributed by atoms with Crippen LogP contribution in [0.2, 0.25) is 5.02 Å². The third-order valence-corrected chi connectivity index (χ3v) is 7.11. The van der Waals surface area contributed by atoms with Crippen molar-refractivity contribution in [2.24, 2.45) is 0 Å². The van der Waals surface area contributed by atoms with Crippen LogP contribution in [0, 0.1) is 10.1 Å². The van der Waals surface area contributed by atoms with Crippen LogP contribution in [-0.2, 0) is 14.3 Å². The minimum Gasteiger partial charge on any atom is -0.493 e. The molecule has 0 amide bonds. The predicted molar refractivity (Wildman–Crippen MR) is 141 cm³/mol. The highest BCUT2D eigenvalue weighted by molar-refractivity contribution is 6.31. The highest BCUT2D eigenvalue weighted by Gasteiger charge is 2.42. The molecule has 200 valence electrons. The number of allylic oxidation sites excluding steroid dienone is 3. The smallest absolute Gasteiger partial charge is 0.337 e. The number of ether oxygens (including phenoxy) is 3. The Labute approximate surface area is 225 Å². The van der Waals surface area contributed by atoms with Crippen molar-refractivity contribution in [1.29, 1.82) is 0 Å². The summed E-state index contributed by atoms with van der Waals surface area (Å²) in [5.41, 5.74) is 2.74. The van der Waals surface area contributed by atoms with E-state index in [1.807, 2.05) is 12.1 Å². The number of rotatable bonds is 7. The van der Waals surface area contributed by atoms with Crippen LogP contribution in [0.4, 0.5) is 5.69 Å². The Morgan fingerprint density at radius 2 is 1.82 bits per heavy atom. The lowest BCUT2D eigenvalue weighted by Crippen LogP contribution is -2.36. The van der Waals surface area contributed by atoms with Crippen molar-refractivity contribution in [3.8, 4) is 11.5 Å². The van der Waals surface area contributed by atoms with Crippen molar-refractivity contribution in [2.75, 3.05) is 14.2 Å². The number of esters is 1. The molecule has 0 saturated heterocycles. The number of nitrogens with zero attached hydrogens (tertiary/aromatic N) is 1. The number of hydrogen-bond donors (Lipinski definition) is 1. The van der Waals surface area contributed by atoms with Crippen molar-refractivity contribution in [3.05, 3.63) is 85.2 Å². The summed E-state index contributed by atoms with van der Waals surface area (Å²) in [5, 5.41) is 15.0. The zero-order valence-electron chi connectivity index (χ0n) is 21.8. The molecule has 0 bridgehead atoms. The minimum absolute atomic E-state index is 0.160. The van der Waals surface area contributed by atoms with Crippen LogP contribution >= 0.6 is 11.6 Å². The van der Waals surface area contributed by atoms with Crippen molar-refractivity contribution in [1.82, 2.24) is 5.32 Å². The van der Waals surface area contributed by atoms with Gasteiger partial charge in [0.15, 0.2) is 17.3 Å². The molecule has 2 aromatic carbocycles. The fourth-order valence-electron chi connectivity index (χ4n) is 5.11. The number of non-ortho nitro benzene ring substituents is 1. The monoisotopic (exact) mass is 540 g/mol. The minimum atomic E-state index is -0.913. The second kappa shape index (κ2) is 10.9. The van der Waals surface area contributed by atoms with E-state index >= 15 is 0 Å². The maximum atomic E-state index is 13.8. The number of nitro benzene ring substituents is 1. The van der Waals surface area contributed by atoms with E-state index in [-0.39, 0.29) is 34.4 Å². The number of halogens is 1. The summed E-state index contributed by atoms with van der Waals surface area (Å²) in [6.07, 6.45) is 0.240. The van der Waals surface area contributed by atoms with Crippen molar-refractivity contribution in [2.45, 2.75) is 51.6 Å². The maximum absolute atomic E-state index is 13.8. The normalized spacial score (nSPS) is 19.2. The lowest BCUT2D eigenvalue weighted by Gasteiger charge is -2.37. The lowest BCUT2D eigenvalue weighted by molar-refractivity contribution is -0.384. The summed E-state index contributed by atoms with van der Waals surface area (Å²) in [6, 6.07) is 9.59. The third kappa shape index (κ3) is 5.11. The fraction of sp³-hybridized carbons (Fsp3) is 0.357. The summed E-state index contributed by atoms with van der Waals surface area (Å²) in [5.74, 6) is -0.727. The van der Waals surface area contributed by atoms with E-state index in [9.17, 15) is 19.7 Å². The standard InChI is InChI=1S/C28H29ClN2O7/c1-14(2)38-28(33)25-15(3)30-21-10-17(16-6-9-23(36-4)24(12-16)37-5)11-22(32)27(21)26(25)19-13-18(31(34)35)7-8-20(19)29/h6-9,12-14,17,26,30H,10-11H2,1-5H3/t17-,26-/m1/s1. The number of hydrogen-bond acceptors (Lipinski definition) is 8. The average molecular weight is 541 g/mol. The van der Waals surface area contributed by atoms with E-state index in [4.69, 9.17) is 25.8 Å². The Balaban J connectivity index is 1.84. The fourth-order valence-corrected chi connectivity index (χ4v) is 5.33. The van der Waals surface area contributed by atoms with Gasteiger partial charge in [0.2, 0.25) is 0 Å². The van der Waals surface area contributed by atoms with Gasteiger partial charge in [-0.15, -0.1) is 0 Å². The van der Waals surface area contributed by atoms with Gasteiger partial charge in [-0.3, -0.25) is 14.9 Å². The molecule has 0 saturated carbocycles. The lowest BCUT2D eigenvalue weighted by atomic mass is 9.71. The number of benzene rings is 2. The zero-order valence-corrected chi connectivity index (χ0v) is 22.5. The second-order valence-electron chi connectivity index (χ2n) is 9.55. The van der Waals surface area contributed by atoms with Gasteiger partial charge in [0.25, 0.3) is 5.69 Å². The first kappa shape index (κ1) is 27.2. The summed E-state index contributed by atoms with van der Waals surface area (Å²) in [4.78, 5) is 38.1. The number of methoxy groups -OCH3 is 2. The van der Waals surface area contributed by atoms with Gasteiger partial charge in [0.05, 0.1) is 30.8 Å². The second-order valence-corrected chi connectivity index (χ2v) is 9.96. The summed E-state index contributed by atoms with van der Waals surface area (Å²) >= 11 is 6.55. The first-order chi connectivity index (χ1) is 18.0. The molecule has 4 rings (SSSR count). The molecule has 2 atom stereocenters. The largest absolute Gasteiger partial charge is 0.493 e. The van der Waals surface area contributed by atoms with Crippen LogP contribution in [0.1, 0.15) is 56.6 Å². The number of dihydropyridines is 1. The first-order valence-electron chi connectivity index (χ1n) is 12.2. The van der Waals surface area contributed by atoms with Gasteiger partial charge in [-0.2, -0.15) is 0 Å². The maximum Gasteiger partial charge on any atom is 0.337 e. The predicted octanol–water partition coefficient (Wildman–Crippen LogP) is 5.58. The molecule has 0 aromatic heterocycles. The summed E-state index contributed by atoms with van der Waals surface area (Å²) in [6.45, 7) is 5.18. The van der Waals surface area contributed by atoms with Crippen molar-refractivity contribution in [3.63, 3.8) is 0 Å². The average Bonchev–Trinajstić information content (AvgIpc) is 2.86. The number of nitro groups is 1. The number of carbonyl (C=O) groups excluding carboxylic acids is 2. The van der Waals surface area contributed by atoms with E-state index in [0.717, 1.165) is 5.56 Å². The first-order valence-corrected chi connectivity index (χ1v) is 12.5. The molecule has 0 unspecified atom stereocenters. The molecule has 1 N–H and O–H groups in total. The van der Waals surface area contributed by atoms with Crippen molar-refractivity contribution < 1.29 is 28.7 Å². The molecule has 0 radical (unpaired) electrons. The molecular weight excluding hydrogens is 512 g/mol. The van der Waals surface area contributed by atoms with Crippen LogP contribution in [0.3, 0.4) is 0 Å². The molecule has 2 aliphatic rings. The number of Topliss-reactive ketones (excluding diaryl/α,β-unsaturated/α-hetero) is 1.